The molecule has 2 heterocycles. The molecular weight excluding hydrogens is 335 g/mol. The van der Waals surface area contributed by atoms with Gasteiger partial charge in [0.05, 0.1) is 10.4 Å². The van der Waals surface area contributed by atoms with Crippen LogP contribution < -0.4 is 0 Å². The third-order valence-corrected chi connectivity index (χ3v) is 4.32. The van der Waals surface area contributed by atoms with Gasteiger partial charge in [0.25, 0.3) is 0 Å². The molecule has 0 amide bonds. The lowest BCUT2D eigenvalue weighted by atomic mass is 10.1. The molecule has 0 bridgehead atoms. The number of carboxylic acid groups (broad SMARTS) is 1. The number of pyridine rings is 1. The van der Waals surface area contributed by atoms with Crippen molar-refractivity contribution < 1.29 is 24.2 Å². The lowest BCUT2D eigenvalue weighted by Crippen LogP contribution is -2.11. The fourth-order valence-corrected chi connectivity index (χ4v) is 3.23. The largest absolute Gasteiger partial charge is 0.505 e. The van der Waals surface area contributed by atoms with Crippen molar-refractivity contribution >= 4 is 33.5 Å². The fraction of sp³-hybridized carbons (Fsp3) is 0.0625. The van der Waals surface area contributed by atoms with Crippen molar-refractivity contribution in [1.29, 1.82) is 0 Å². The van der Waals surface area contributed by atoms with Crippen LogP contribution in [0.2, 0.25) is 0 Å². The number of thiophene rings is 1. The molecule has 1 aromatic carbocycles. The highest BCUT2D eigenvalue weighted by molar-refractivity contribution is 7.17. The Kier molecular flexibility index (Phi) is 4.07. The number of hydrogen-bond donors (Lipinski definition) is 2. The average molecular weight is 344 g/mol. The van der Waals surface area contributed by atoms with Crippen molar-refractivity contribution in [2.24, 2.45) is 4.99 Å². The van der Waals surface area contributed by atoms with Crippen LogP contribution in [-0.4, -0.2) is 27.2 Å². The van der Waals surface area contributed by atoms with E-state index >= 15 is 0 Å². The van der Waals surface area contributed by atoms with Crippen LogP contribution in [0.3, 0.4) is 0 Å². The molecule has 2 N–H and O–H groups in total. The highest BCUT2D eigenvalue weighted by Crippen LogP contribution is 2.40. The van der Waals surface area contributed by atoms with Gasteiger partial charge >= 0.3 is 5.97 Å². The molecule has 0 aliphatic rings. The summed E-state index contributed by atoms with van der Waals surface area (Å²) in [6.45, 7) is 0. The summed E-state index contributed by atoms with van der Waals surface area (Å²) in [5, 5.41) is 21.7. The van der Waals surface area contributed by atoms with Crippen molar-refractivity contribution in [1.82, 2.24) is 4.98 Å². The number of hydrogen-bond acceptors (Lipinski definition) is 6. The minimum atomic E-state index is -1.68. The number of carboxylic acids is 1. The quantitative estimate of drug-likeness (QED) is 0.559. The number of aromatic hydroxyl groups is 1. The van der Waals surface area contributed by atoms with Gasteiger partial charge in [0.1, 0.15) is 17.3 Å². The second-order valence-corrected chi connectivity index (χ2v) is 5.74. The highest BCUT2D eigenvalue weighted by atomic mass is 32.1. The monoisotopic (exact) mass is 344 g/mol. The zero-order chi connectivity index (χ0) is 17.3. The Morgan fingerprint density at radius 2 is 2.00 bits per heavy atom. The van der Waals surface area contributed by atoms with E-state index in [4.69, 9.17) is 0 Å². The molecule has 120 valence electrons. The van der Waals surface area contributed by atoms with Gasteiger partial charge in [-0.2, -0.15) is 4.99 Å². The van der Waals surface area contributed by atoms with Crippen molar-refractivity contribution in [3.05, 3.63) is 47.2 Å². The molecule has 0 radical (unpaired) electrons. The number of halogens is 1. The van der Waals surface area contributed by atoms with Gasteiger partial charge in [-0.25, -0.2) is 19.0 Å². The third-order valence-electron chi connectivity index (χ3n) is 3.40. The Morgan fingerprint density at radius 1 is 1.29 bits per heavy atom. The van der Waals surface area contributed by atoms with Gasteiger partial charge in [-0.1, -0.05) is 0 Å². The predicted molar refractivity (Wildman–Crippen MR) is 85.2 cm³/mol. The number of carbonyl (C=O) groups excluding carboxylic acids is 1. The summed E-state index contributed by atoms with van der Waals surface area (Å²) < 4.78 is 13.8. The second-order valence-electron chi connectivity index (χ2n) is 4.83. The first kappa shape index (κ1) is 15.8. The molecule has 0 aliphatic heterocycles. The van der Waals surface area contributed by atoms with Gasteiger partial charge in [0.15, 0.2) is 0 Å². The third kappa shape index (κ3) is 2.64. The molecule has 3 aromatic rings. The number of aliphatic carboxylic acids is 1. The van der Waals surface area contributed by atoms with E-state index in [2.05, 4.69) is 9.98 Å². The van der Waals surface area contributed by atoms with E-state index in [1.807, 2.05) is 0 Å². The van der Waals surface area contributed by atoms with Crippen LogP contribution in [-0.2, 0) is 9.59 Å². The van der Waals surface area contributed by atoms with E-state index in [1.54, 1.807) is 11.4 Å². The Hall–Kier alpha value is -3.09. The number of rotatable bonds is 4. The zero-order valence-electron chi connectivity index (χ0n) is 11.9. The van der Waals surface area contributed by atoms with Crippen molar-refractivity contribution in [2.45, 2.75) is 6.04 Å². The van der Waals surface area contributed by atoms with Crippen LogP contribution in [0, 0.1) is 5.82 Å². The number of benzene rings is 1. The van der Waals surface area contributed by atoms with Gasteiger partial charge in [-0.3, -0.25) is 0 Å². The van der Waals surface area contributed by atoms with Gasteiger partial charge in [-0.05, 0) is 35.7 Å². The fourth-order valence-electron chi connectivity index (χ4n) is 2.32. The maximum absolute atomic E-state index is 13.1. The second kappa shape index (κ2) is 6.19. The van der Waals surface area contributed by atoms with Crippen molar-refractivity contribution in [2.75, 3.05) is 0 Å². The summed E-state index contributed by atoms with van der Waals surface area (Å²) >= 11 is 1.30. The normalized spacial score (nSPS) is 11.9. The van der Waals surface area contributed by atoms with E-state index in [1.165, 1.54) is 41.7 Å². The molecule has 6 nitrogen and oxygen atoms in total. The molecule has 8 heteroatoms. The molecule has 3 rings (SSSR count). The van der Waals surface area contributed by atoms with Crippen LogP contribution in [0.5, 0.6) is 5.75 Å². The molecule has 0 fully saturated rings. The van der Waals surface area contributed by atoms with E-state index in [-0.39, 0.29) is 11.4 Å². The number of nitrogens with zero attached hydrogens (tertiary/aromatic N) is 2. The van der Waals surface area contributed by atoms with Crippen molar-refractivity contribution in [3.8, 4) is 17.0 Å². The Morgan fingerprint density at radius 3 is 2.62 bits per heavy atom. The summed E-state index contributed by atoms with van der Waals surface area (Å²) in [6.07, 6.45) is 1.18. The zero-order valence-corrected chi connectivity index (χ0v) is 12.7. The molecule has 0 saturated carbocycles. The molecule has 1 unspecified atom stereocenters. The first-order chi connectivity index (χ1) is 11.5. The number of aliphatic imine (C=N–C) groups is 1. The topological polar surface area (TPSA) is 99.9 Å². The summed E-state index contributed by atoms with van der Waals surface area (Å²) in [4.78, 5) is 29.3. The Labute approximate surface area is 138 Å². The summed E-state index contributed by atoms with van der Waals surface area (Å²) in [5.74, 6) is -2.22. The number of carbonyl (C=O) groups is 1. The minimum absolute atomic E-state index is 0.268. The Balaban J connectivity index is 2.32. The van der Waals surface area contributed by atoms with E-state index in [0.29, 0.717) is 21.3 Å². The summed E-state index contributed by atoms with van der Waals surface area (Å²) in [7, 11) is 0. The van der Waals surface area contributed by atoms with E-state index in [9.17, 15) is 24.2 Å². The lowest BCUT2D eigenvalue weighted by molar-refractivity contribution is -0.138. The Bertz CT molecular complexity index is 976. The van der Waals surface area contributed by atoms with Crippen LogP contribution in [0.15, 0.2) is 40.7 Å². The van der Waals surface area contributed by atoms with Gasteiger partial charge in [0.2, 0.25) is 12.1 Å². The molecule has 0 saturated heterocycles. The van der Waals surface area contributed by atoms with Crippen LogP contribution >= 0.6 is 11.3 Å². The maximum atomic E-state index is 13.1. The number of fused-ring (bicyclic) bond motifs is 1. The smallest absolute Gasteiger partial charge is 0.335 e. The molecule has 2 aromatic heterocycles. The summed E-state index contributed by atoms with van der Waals surface area (Å²) in [6, 6.07) is 5.43. The number of aromatic nitrogens is 1. The van der Waals surface area contributed by atoms with Gasteiger partial charge in [0, 0.05) is 10.9 Å². The van der Waals surface area contributed by atoms with E-state index < -0.39 is 17.8 Å². The average Bonchev–Trinajstić information content (AvgIpc) is 3.04. The standard InChI is InChI=1S/C16H9FN2O4S/c17-9-3-1-8(2-4-9)11-15-10(5-6-24-15)14(21)12(19-11)13(16(22)23)18-7-20/h1-6,13,21H,(H,22,23). The lowest BCUT2D eigenvalue weighted by Gasteiger charge is -2.12. The molecule has 1 atom stereocenters. The molecule has 0 spiro atoms. The SMILES string of the molecule is O=C=NC(C(=O)O)c1nc(-c2ccc(F)cc2)c2sccc2c1O. The predicted octanol–water partition coefficient (Wildman–Crippen LogP) is 3.27. The molecular formula is C16H9FN2O4S. The van der Waals surface area contributed by atoms with E-state index in [0.717, 1.165) is 0 Å². The molecule has 24 heavy (non-hydrogen) atoms. The summed E-state index contributed by atoms with van der Waals surface area (Å²) in [5.41, 5.74) is 0.653. The van der Waals surface area contributed by atoms with Gasteiger partial charge < -0.3 is 10.2 Å². The van der Waals surface area contributed by atoms with Crippen LogP contribution in [0.1, 0.15) is 11.7 Å². The highest BCUT2D eigenvalue weighted by Gasteiger charge is 2.27. The first-order valence-electron chi connectivity index (χ1n) is 6.68. The van der Waals surface area contributed by atoms with Gasteiger partial charge in [-0.15, -0.1) is 11.3 Å². The first-order valence-corrected chi connectivity index (χ1v) is 7.56. The van der Waals surface area contributed by atoms with Crippen LogP contribution in [0.25, 0.3) is 21.3 Å². The minimum Gasteiger partial charge on any atom is -0.505 e. The maximum Gasteiger partial charge on any atom is 0.335 e. The van der Waals surface area contributed by atoms with Crippen LogP contribution in [0.4, 0.5) is 4.39 Å². The molecule has 0 aliphatic carbocycles. The number of isocyanates is 1. The van der Waals surface area contributed by atoms with Crippen molar-refractivity contribution in [3.63, 3.8) is 0 Å².